The summed E-state index contributed by atoms with van der Waals surface area (Å²) >= 11 is 1.27. The molecule has 2 heterocycles. The van der Waals surface area contributed by atoms with Crippen LogP contribution in [-0.2, 0) is 0 Å². The fourth-order valence-corrected chi connectivity index (χ4v) is 4.70. The average molecular weight is 445 g/mol. The largest absolute Gasteiger partial charge is 0.454 e. The van der Waals surface area contributed by atoms with Gasteiger partial charge in [0.05, 0.1) is 22.7 Å². The third-order valence-electron chi connectivity index (χ3n) is 5.47. The fourth-order valence-electron chi connectivity index (χ4n) is 3.73. The van der Waals surface area contributed by atoms with Crippen LogP contribution in [0.3, 0.4) is 0 Å². The Kier molecular flexibility index (Phi) is 5.41. The quantitative estimate of drug-likeness (QED) is 0.244. The van der Waals surface area contributed by atoms with Crippen molar-refractivity contribution in [2.45, 2.75) is 18.1 Å². The molecule has 7 heteroatoms. The molecule has 1 aliphatic rings. The summed E-state index contributed by atoms with van der Waals surface area (Å²) in [5, 5.41) is 1.07. The van der Waals surface area contributed by atoms with E-state index in [1.54, 1.807) is 28.8 Å². The van der Waals surface area contributed by atoms with Crippen molar-refractivity contribution in [3.05, 3.63) is 94.3 Å². The number of ketones is 1. The van der Waals surface area contributed by atoms with Crippen LogP contribution in [0.25, 0.3) is 10.9 Å². The van der Waals surface area contributed by atoms with Gasteiger partial charge in [-0.05, 0) is 42.8 Å². The lowest BCUT2D eigenvalue weighted by atomic mass is 10.1. The van der Waals surface area contributed by atoms with E-state index in [0.29, 0.717) is 33.1 Å². The van der Waals surface area contributed by atoms with Gasteiger partial charge in [-0.15, -0.1) is 0 Å². The Morgan fingerprint density at radius 3 is 2.62 bits per heavy atom. The Hall–Kier alpha value is -3.58. The van der Waals surface area contributed by atoms with Crippen molar-refractivity contribution in [2.24, 2.45) is 0 Å². The third-order valence-corrected chi connectivity index (χ3v) is 6.42. The first kappa shape index (κ1) is 20.3. The molecule has 0 bridgehead atoms. The highest BCUT2D eigenvalue weighted by molar-refractivity contribution is 7.99. The molecule has 0 fully saturated rings. The molecule has 3 aromatic carbocycles. The molecule has 0 N–H and O–H groups in total. The predicted molar refractivity (Wildman–Crippen MR) is 124 cm³/mol. The SMILES string of the molecule is CC(c1ccccc1)n1c(SCC(=O)c2ccc3c(c2)OCO3)nc2ccccc2c1=O. The van der Waals surface area contributed by atoms with Gasteiger partial charge in [0.15, 0.2) is 22.4 Å². The van der Waals surface area contributed by atoms with Gasteiger partial charge >= 0.3 is 0 Å². The van der Waals surface area contributed by atoms with Gasteiger partial charge in [-0.3, -0.25) is 14.2 Å². The van der Waals surface area contributed by atoms with Crippen LogP contribution in [0.2, 0.25) is 0 Å². The van der Waals surface area contributed by atoms with Crippen LogP contribution in [0.5, 0.6) is 11.5 Å². The summed E-state index contributed by atoms with van der Waals surface area (Å²) in [6.45, 7) is 2.13. The number of aromatic nitrogens is 2. The fraction of sp³-hybridized carbons (Fsp3) is 0.160. The second-order valence-electron chi connectivity index (χ2n) is 7.45. The minimum absolute atomic E-state index is 0.0744. The molecule has 6 nitrogen and oxygen atoms in total. The van der Waals surface area contributed by atoms with Crippen LogP contribution in [0, 0.1) is 0 Å². The van der Waals surface area contributed by atoms with E-state index in [0.717, 1.165) is 5.56 Å². The number of nitrogens with zero attached hydrogens (tertiary/aromatic N) is 2. The zero-order chi connectivity index (χ0) is 22.1. The molecule has 5 rings (SSSR count). The van der Waals surface area contributed by atoms with Crippen molar-refractivity contribution >= 4 is 28.4 Å². The van der Waals surface area contributed by atoms with E-state index in [9.17, 15) is 9.59 Å². The number of carbonyl (C=O) groups is 1. The van der Waals surface area contributed by atoms with Crippen LogP contribution in [-0.4, -0.2) is 27.9 Å². The maximum absolute atomic E-state index is 13.4. The molecule has 0 spiro atoms. The topological polar surface area (TPSA) is 70.4 Å². The van der Waals surface area contributed by atoms with Crippen molar-refractivity contribution < 1.29 is 14.3 Å². The summed E-state index contributed by atoms with van der Waals surface area (Å²) in [7, 11) is 0. The smallest absolute Gasteiger partial charge is 0.262 e. The average Bonchev–Trinajstić information content (AvgIpc) is 3.31. The first-order valence-electron chi connectivity index (χ1n) is 10.2. The van der Waals surface area contributed by atoms with Gasteiger partial charge in [0.2, 0.25) is 6.79 Å². The van der Waals surface area contributed by atoms with E-state index in [1.165, 1.54) is 11.8 Å². The standard InChI is InChI=1S/C25H20N2O4S/c1-16(17-7-3-2-4-8-17)27-24(29)19-9-5-6-10-20(19)26-25(27)32-14-21(28)18-11-12-22-23(13-18)31-15-30-22/h2-13,16H,14-15H2,1H3. The number of Topliss-reactive ketones (excluding diaryl/α,β-unsaturated/α-hetero) is 1. The lowest BCUT2D eigenvalue weighted by molar-refractivity contribution is 0.102. The Morgan fingerprint density at radius 1 is 1.03 bits per heavy atom. The zero-order valence-corrected chi connectivity index (χ0v) is 18.2. The van der Waals surface area contributed by atoms with E-state index in [2.05, 4.69) is 0 Å². The lowest BCUT2D eigenvalue weighted by Crippen LogP contribution is -2.27. The summed E-state index contributed by atoms with van der Waals surface area (Å²) in [6, 6.07) is 22.0. The highest BCUT2D eigenvalue weighted by atomic mass is 32.2. The Morgan fingerprint density at radius 2 is 1.78 bits per heavy atom. The number of hydrogen-bond donors (Lipinski definition) is 0. The van der Waals surface area contributed by atoms with Crippen molar-refractivity contribution in [1.82, 2.24) is 9.55 Å². The van der Waals surface area contributed by atoms with Gasteiger partial charge < -0.3 is 9.47 Å². The molecule has 160 valence electrons. The van der Waals surface area contributed by atoms with Gasteiger partial charge in [-0.1, -0.05) is 54.2 Å². The number of thioether (sulfide) groups is 1. The van der Waals surface area contributed by atoms with Gasteiger partial charge in [0, 0.05) is 5.56 Å². The maximum atomic E-state index is 13.4. The van der Waals surface area contributed by atoms with Crippen LogP contribution in [0.1, 0.15) is 28.9 Å². The monoisotopic (exact) mass is 444 g/mol. The number of benzene rings is 3. The van der Waals surface area contributed by atoms with Crippen LogP contribution in [0.15, 0.2) is 82.7 Å². The number of carbonyl (C=O) groups excluding carboxylic acids is 1. The van der Waals surface area contributed by atoms with Crippen molar-refractivity contribution in [3.8, 4) is 11.5 Å². The molecule has 1 aromatic heterocycles. The van der Waals surface area contributed by atoms with Gasteiger partial charge in [0.25, 0.3) is 5.56 Å². The number of ether oxygens (including phenoxy) is 2. The van der Waals surface area contributed by atoms with Crippen LogP contribution < -0.4 is 15.0 Å². The summed E-state index contributed by atoms with van der Waals surface area (Å²) in [6.07, 6.45) is 0. The predicted octanol–water partition coefficient (Wildman–Crippen LogP) is 4.71. The van der Waals surface area contributed by atoms with E-state index in [4.69, 9.17) is 14.5 Å². The summed E-state index contributed by atoms with van der Waals surface area (Å²) < 4.78 is 12.4. The molecule has 0 amide bonds. The molecule has 0 radical (unpaired) electrons. The van der Waals surface area contributed by atoms with E-state index < -0.39 is 0 Å². The molecule has 4 aromatic rings. The van der Waals surface area contributed by atoms with Crippen molar-refractivity contribution in [1.29, 1.82) is 0 Å². The molecule has 1 unspecified atom stereocenters. The summed E-state index contributed by atoms with van der Waals surface area (Å²) in [5.41, 5.74) is 2.03. The van der Waals surface area contributed by atoms with Crippen molar-refractivity contribution in [3.63, 3.8) is 0 Å². The van der Waals surface area contributed by atoms with Crippen molar-refractivity contribution in [2.75, 3.05) is 12.5 Å². The first-order chi connectivity index (χ1) is 15.6. The molecule has 0 saturated heterocycles. The minimum Gasteiger partial charge on any atom is -0.454 e. The molecule has 32 heavy (non-hydrogen) atoms. The first-order valence-corrected chi connectivity index (χ1v) is 11.2. The van der Waals surface area contributed by atoms with Crippen LogP contribution in [0.4, 0.5) is 0 Å². The Balaban J connectivity index is 1.50. The van der Waals surface area contributed by atoms with E-state index in [-0.39, 0.29) is 29.9 Å². The minimum atomic E-state index is -0.232. The lowest BCUT2D eigenvalue weighted by Gasteiger charge is -2.20. The molecule has 0 saturated carbocycles. The van der Waals surface area contributed by atoms with Gasteiger partial charge in [0.1, 0.15) is 0 Å². The van der Waals surface area contributed by atoms with Crippen LogP contribution >= 0.6 is 11.8 Å². The zero-order valence-electron chi connectivity index (χ0n) is 17.4. The number of hydrogen-bond acceptors (Lipinski definition) is 6. The number of para-hydroxylation sites is 1. The second-order valence-corrected chi connectivity index (χ2v) is 8.40. The highest BCUT2D eigenvalue weighted by Crippen LogP contribution is 2.33. The Bertz CT molecular complexity index is 1370. The molecule has 1 aliphatic heterocycles. The Labute approximate surface area is 188 Å². The summed E-state index contributed by atoms with van der Waals surface area (Å²) in [5.74, 6) is 1.27. The molecular weight excluding hydrogens is 424 g/mol. The number of fused-ring (bicyclic) bond motifs is 2. The second kappa shape index (κ2) is 8.51. The molecule has 1 atom stereocenters. The molecule has 0 aliphatic carbocycles. The van der Waals surface area contributed by atoms with Gasteiger partial charge in [-0.25, -0.2) is 4.98 Å². The normalized spacial score (nSPS) is 13.3. The third kappa shape index (κ3) is 3.76. The highest BCUT2D eigenvalue weighted by Gasteiger charge is 2.20. The number of rotatable bonds is 6. The summed E-state index contributed by atoms with van der Waals surface area (Å²) in [4.78, 5) is 31.0. The van der Waals surface area contributed by atoms with Gasteiger partial charge in [-0.2, -0.15) is 0 Å². The molecular formula is C25H20N2O4S. The van der Waals surface area contributed by atoms with E-state index in [1.807, 2.05) is 55.5 Å². The maximum Gasteiger partial charge on any atom is 0.262 e. The van der Waals surface area contributed by atoms with E-state index >= 15 is 0 Å².